The van der Waals surface area contributed by atoms with E-state index in [1.54, 1.807) is 12.1 Å². The number of hydrogen-bond acceptors (Lipinski definition) is 4. The highest BCUT2D eigenvalue weighted by molar-refractivity contribution is 5.53. The Morgan fingerprint density at radius 2 is 1.81 bits per heavy atom. The van der Waals surface area contributed by atoms with Gasteiger partial charge in [0.1, 0.15) is 5.75 Å². The Kier molecular flexibility index (Phi) is 7.80. The van der Waals surface area contributed by atoms with Crippen LogP contribution in [0, 0.1) is 5.92 Å². The largest absolute Gasteiger partial charge is 0.573 e. The van der Waals surface area contributed by atoms with Crippen LogP contribution < -0.4 is 9.64 Å². The third kappa shape index (κ3) is 6.21. The molecule has 2 atom stereocenters. The molecule has 1 aromatic carbocycles. The van der Waals surface area contributed by atoms with Crippen LogP contribution in [0.5, 0.6) is 5.75 Å². The van der Waals surface area contributed by atoms with Crippen LogP contribution in [-0.2, 0) is 0 Å². The Morgan fingerprint density at radius 1 is 1.12 bits per heavy atom. The second-order valence-corrected chi connectivity index (χ2v) is 9.18. The van der Waals surface area contributed by atoms with Crippen LogP contribution in [0.25, 0.3) is 0 Å². The van der Waals surface area contributed by atoms with E-state index in [0.29, 0.717) is 6.04 Å². The van der Waals surface area contributed by atoms with Gasteiger partial charge in [0.2, 0.25) is 0 Å². The van der Waals surface area contributed by atoms with Gasteiger partial charge in [-0.05, 0) is 69.4 Å². The van der Waals surface area contributed by atoms with Crippen LogP contribution in [0.3, 0.4) is 0 Å². The summed E-state index contributed by atoms with van der Waals surface area (Å²) in [5, 5.41) is 0. The summed E-state index contributed by atoms with van der Waals surface area (Å²) >= 11 is 0. The highest BCUT2D eigenvalue weighted by atomic mass is 19.4. The average Bonchev–Trinajstić information content (AvgIpc) is 2.75. The van der Waals surface area contributed by atoms with Gasteiger partial charge in [-0.15, -0.1) is 13.2 Å². The van der Waals surface area contributed by atoms with Crippen molar-refractivity contribution in [3.63, 3.8) is 0 Å². The molecule has 3 rings (SSSR count). The Labute approximate surface area is 190 Å². The molecule has 178 valence electrons. The van der Waals surface area contributed by atoms with Crippen LogP contribution in [0.1, 0.15) is 47.0 Å². The normalized spacial score (nSPS) is 23.5. The Bertz CT molecular complexity index is 832. The highest BCUT2D eigenvalue weighted by Crippen LogP contribution is 2.30. The maximum Gasteiger partial charge on any atom is 0.573 e. The molecule has 4 nitrogen and oxygen atoms in total. The van der Waals surface area contributed by atoms with Crippen molar-refractivity contribution in [2.24, 2.45) is 5.92 Å². The number of hydrogen-bond donors (Lipinski definition) is 0. The molecule has 0 bridgehead atoms. The van der Waals surface area contributed by atoms with Crippen molar-refractivity contribution in [1.29, 1.82) is 0 Å². The Hall–Kier alpha value is -2.15. The van der Waals surface area contributed by atoms with Gasteiger partial charge in [0.25, 0.3) is 0 Å². The average molecular weight is 452 g/mol. The molecule has 2 heterocycles. The van der Waals surface area contributed by atoms with Crippen molar-refractivity contribution in [3.05, 3.63) is 47.3 Å². The molecular weight excluding hydrogens is 415 g/mol. The predicted octanol–water partition coefficient (Wildman–Crippen LogP) is 6.03. The molecule has 2 saturated heterocycles. The van der Waals surface area contributed by atoms with E-state index >= 15 is 0 Å². The topological polar surface area (TPSA) is 19.0 Å². The summed E-state index contributed by atoms with van der Waals surface area (Å²) in [6.07, 6.45) is 1.08. The minimum Gasteiger partial charge on any atom is -0.406 e. The van der Waals surface area contributed by atoms with Crippen molar-refractivity contribution in [2.75, 3.05) is 38.1 Å². The Balaban J connectivity index is 1.75. The van der Waals surface area contributed by atoms with E-state index in [1.165, 1.54) is 42.8 Å². The maximum absolute atomic E-state index is 12.4. The number of piperidine rings is 1. The number of allylic oxidation sites excluding steroid dienone is 3. The number of rotatable bonds is 6. The summed E-state index contributed by atoms with van der Waals surface area (Å²) in [5.41, 5.74) is 4.47. The lowest BCUT2D eigenvalue weighted by Crippen LogP contribution is -2.55. The zero-order valence-corrected chi connectivity index (χ0v) is 19.9. The molecule has 0 aliphatic carbocycles. The van der Waals surface area contributed by atoms with E-state index in [4.69, 9.17) is 0 Å². The lowest BCUT2D eigenvalue weighted by atomic mass is 9.92. The van der Waals surface area contributed by atoms with Gasteiger partial charge in [0.15, 0.2) is 0 Å². The molecule has 32 heavy (non-hydrogen) atoms. The van der Waals surface area contributed by atoms with Crippen LogP contribution in [-0.4, -0.2) is 55.4 Å². The molecule has 0 spiro atoms. The maximum atomic E-state index is 12.4. The van der Waals surface area contributed by atoms with E-state index in [9.17, 15) is 13.2 Å². The zero-order valence-electron chi connectivity index (χ0n) is 19.9. The van der Waals surface area contributed by atoms with Crippen LogP contribution in [0.15, 0.2) is 47.3 Å². The number of ether oxygens (including phenoxy) is 1. The molecule has 0 saturated carbocycles. The summed E-state index contributed by atoms with van der Waals surface area (Å²) in [5.74, 6) is 0.576. The third-order valence-electron chi connectivity index (χ3n) is 6.78. The number of piperazine rings is 1. The molecular formula is C25H36F3N3O. The molecule has 2 aliphatic heterocycles. The monoisotopic (exact) mass is 451 g/mol. The summed E-state index contributed by atoms with van der Waals surface area (Å²) in [4.78, 5) is 7.17. The lowest BCUT2D eigenvalue weighted by Gasteiger charge is -2.47. The van der Waals surface area contributed by atoms with Crippen LogP contribution >= 0.6 is 0 Å². The molecule has 0 aromatic heterocycles. The molecule has 0 amide bonds. The lowest BCUT2D eigenvalue weighted by molar-refractivity contribution is -0.274. The first-order valence-corrected chi connectivity index (χ1v) is 11.5. The fourth-order valence-electron chi connectivity index (χ4n) is 4.63. The van der Waals surface area contributed by atoms with Crippen molar-refractivity contribution in [1.82, 2.24) is 9.80 Å². The minimum absolute atomic E-state index is 0.210. The van der Waals surface area contributed by atoms with Gasteiger partial charge in [-0.25, -0.2) is 0 Å². The van der Waals surface area contributed by atoms with Crippen molar-refractivity contribution in [2.45, 2.75) is 59.4 Å². The van der Waals surface area contributed by atoms with Crippen LogP contribution in [0.2, 0.25) is 0 Å². The van der Waals surface area contributed by atoms with Crippen LogP contribution in [0.4, 0.5) is 18.9 Å². The number of anilines is 1. The fraction of sp³-hybridized carbons (Fsp3) is 0.600. The highest BCUT2D eigenvalue weighted by Gasteiger charge is 2.32. The molecule has 2 aliphatic rings. The first-order valence-electron chi connectivity index (χ1n) is 11.5. The fourth-order valence-corrected chi connectivity index (χ4v) is 4.63. The SMILES string of the molecule is CC/C(C)=C(/C=C(/C)N(C)c1ccc(OC(F)(F)F)cc1)N1CCN2CC(C)CCC2C1. The third-order valence-corrected chi connectivity index (χ3v) is 6.78. The molecule has 2 unspecified atom stereocenters. The molecule has 2 fully saturated rings. The number of alkyl halides is 3. The van der Waals surface area contributed by atoms with Gasteiger partial charge in [-0.1, -0.05) is 19.4 Å². The standard InChI is InChI=1S/C25H36F3N3O/c1-6-19(3)24(31-14-13-30-16-18(2)7-8-22(30)17-31)15-20(4)29(5)21-9-11-23(12-10-21)32-25(26,27)28/h9-12,15,18,22H,6-8,13-14,16-17H2,1-5H3/b20-15-,24-19-. The summed E-state index contributed by atoms with van der Waals surface area (Å²) in [6.45, 7) is 13.1. The number of fused-ring (bicyclic) bond motifs is 1. The van der Waals surface area contributed by atoms with Gasteiger partial charge < -0.3 is 14.5 Å². The van der Waals surface area contributed by atoms with E-state index in [2.05, 4.69) is 41.4 Å². The van der Waals surface area contributed by atoms with Crippen molar-refractivity contribution >= 4 is 5.69 Å². The van der Waals surface area contributed by atoms with Gasteiger partial charge in [0, 0.05) is 56.4 Å². The summed E-state index contributed by atoms with van der Waals surface area (Å²) in [7, 11) is 1.94. The summed E-state index contributed by atoms with van der Waals surface area (Å²) in [6, 6.07) is 6.62. The zero-order chi connectivity index (χ0) is 23.5. The minimum atomic E-state index is -4.68. The van der Waals surface area contributed by atoms with E-state index in [0.717, 1.165) is 43.4 Å². The molecule has 1 aromatic rings. The second-order valence-electron chi connectivity index (χ2n) is 9.18. The quantitative estimate of drug-likeness (QED) is 0.492. The number of halogens is 3. The van der Waals surface area contributed by atoms with Crippen molar-refractivity contribution in [3.8, 4) is 5.75 Å². The van der Waals surface area contributed by atoms with Gasteiger partial charge in [0.05, 0.1) is 0 Å². The van der Waals surface area contributed by atoms with Gasteiger partial charge in [-0.2, -0.15) is 0 Å². The molecule has 0 N–H and O–H groups in total. The first kappa shape index (κ1) is 24.5. The predicted molar refractivity (Wildman–Crippen MR) is 124 cm³/mol. The van der Waals surface area contributed by atoms with E-state index in [1.807, 2.05) is 18.9 Å². The van der Waals surface area contributed by atoms with Gasteiger partial charge in [-0.3, -0.25) is 4.90 Å². The summed E-state index contributed by atoms with van der Waals surface area (Å²) < 4.78 is 41.3. The smallest absolute Gasteiger partial charge is 0.406 e. The second kappa shape index (κ2) is 10.2. The number of benzene rings is 1. The first-order chi connectivity index (χ1) is 15.1. The Morgan fingerprint density at radius 3 is 2.44 bits per heavy atom. The van der Waals surface area contributed by atoms with E-state index < -0.39 is 6.36 Å². The van der Waals surface area contributed by atoms with Gasteiger partial charge >= 0.3 is 6.36 Å². The van der Waals surface area contributed by atoms with E-state index in [-0.39, 0.29) is 5.75 Å². The number of nitrogens with zero attached hydrogens (tertiary/aromatic N) is 3. The molecule has 7 heteroatoms. The van der Waals surface area contributed by atoms with Crippen molar-refractivity contribution < 1.29 is 17.9 Å². The molecule has 0 radical (unpaired) electrons.